The van der Waals surface area contributed by atoms with E-state index >= 15 is 0 Å². The lowest BCUT2D eigenvalue weighted by Gasteiger charge is -2.21. The molecular weight excluding hydrogens is 272 g/mol. The molecule has 22 heavy (non-hydrogen) atoms. The number of para-hydroxylation sites is 1. The van der Waals surface area contributed by atoms with Crippen molar-refractivity contribution >= 4 is 17.3 Å². The van der Waals surface area contributed by atoms with Crippen LogP contribution in [0.15, 0.2) is 42.5 Å². The first-order chi connectivity index (χ1) is 10.6. The summed E-state index contributed by atoms with van der Waals surface area (Å²) in [5.74, 6) is -0.0313. The van der Waals surface area contributed by atoms with Crippen molar-refractivity contribution in [1.29, 1.82) is 0 Å². The third kappa shape index (κ3) is 2.98. The van der Waals surface area contributed by atoms with Crippen molar-refractivity contribution in [2.45, 2.75) is 26.7 Å². The van der Waals surface area contributed by atoms with Crippen molar-refractivity contribution < 1.29 is 4.79 Å². The predicted octanol–water partition coefficient (Wildman–Crippen LogP) is 4.16. The number of hydrogen-bond acceptors (Lipinski definition) is 2. The lowest BCUT2D eigenvalue weighted by Crippen LogP contribution is -2.23. The smallest absolute Gasteiger partial charge is 0.257 e. The molecule has 1 N–H and O–H groups in total. The van der Waals surface area contributed by atoms with E-state index < -0.39 is 0 Å². The predicted molar refractivity (Wildman–Crippen MR) is 91.8 cm³/mol. The van der Waals surface area contributed by atoms with Crippen molar-refractivity contribution in [2.75, 3.05) is 23.3 Å². The number of hydrogen-bond donors (Lipinski definition) is 1. The summed E-state index contributed by atoms with van der Waals surface area (Å²) in [5.41, 5.74) is 4.92. The molecule has 0 radical (unpaired) electrons. The lowest BCUT2D eigenvalue weighted by molar-refractivity contribution is 0.102. The summed E-state index contributed by atoms with van der Waals surface area (Å²) >= 11 is 0. The zero-order chi connectivity index (χ0) is 15.5. The van der Waals surface area contributed by atoms with Crippen LogP contribution in [0.4, 0.5) is 11.4 Å². The van der Waals surface area contributed by atoms with Gasteiger partial charge in [-0.2, -0.15) is 0 Å². The quantitative estimate of drug-likeness (QED) is 0.922. The molecule has 2 aromatic rings. The van der Waals surface area contributed by atoms with Crippen LogP contribution in [0.5, 0.6) is 0 Å². The maximum atomic E-state index is 12.7. The zero-order valence-electron chi connectivity index (χ0n) is 13.2. The molecule has 0 atom stereocenters. The first kappa shape index (κ1) is 14.6. The molecule has 1 aliphatic rings. The van der Waals surface area contributed by atoms with E-state index in [4.69, 9.17) is 0 Å². The monoisotopic (exact) mass is 294 g/mol. The molecule has 3 heteroatoms. The summed E-state index contributed by atoms with van der Waals surface area (Å²) in [6, 6.07) is 14.0. The van der Waals surface area contributed by atoms with Gasteiger partial charge in [0.05, 0.1) is 5.56 Å². The standard InChI is InChI=1S/C19H22N2O/c1-14-9-10-15(2)17(13-14)20-19(22)16-7-3-4-8-18(16)21-11-5-6-12-21/h3-4,7-10,13H,5-6,11-12H2,1-2H3,(H,20,22). The van der Waals surface area contributed by atoms with Gasteiger partial charge in [-0.1, -0.05) is 24.3 Å². The summed E-state index contributed by atoms with van der Waals surface area (Å²) < 4.78 is 0. The molecule has 0 saturated carbocycles. The maximum Gasteiger partial charge on any atom is 0.257 e. The van der Waals surface area contributed by atoms with E-state index in [0.717, 1.165) is 41.2 Å². The number of carbonyl (C=O) groups is 1. The molecular formula is C19H22N2O. The third-order valence-electron chi connectivity index (χ3n) is 4.24. The van der Waals surface area contributed by atoms with Crippen molar-refractivity contribution in [3.63, 3.8) is 0 Å². The van der Waals surface area contributed by atoms with Gasteiger partial charge in [0.25, 0.3) is 5.91 Å². The highest BCUT2D eigenvalue weighted by Crippen LogP contribution is 2.26. The highest BCUT2D eigenvalue weighted by atomic mass is 16.1. The highest BCUT2D eigenvalue weighted by Gasteiger charge is 2.19. The molecule has 1 fully saturated rings. The Morgan fingerprint density at radius 3 is 2.55 bits per heavy atom. The molecule has 0 bridgehead atoms. The van der Waals surface area contributed by atoms with Crippen molar-refractivity contribution in [1.82, 2.24) is 0 Å². The molecule has 3 rings (SSSR count). The van der Waals surface area contributed by atoms with E-state index in [0.29, 0.717) is 0 Å². The summed E-state index contributed by atoms with van der Waals surface area (Å²) in [6.45, 7) is 6.12. The number of carbonyl (C=O) groups excluding carboxylic acids is 1. The molecule has 0 spiro atoms. The fraction of sp³-hybridized carbons (Fsp3) is 0.316. The second kappa shape index (κ2) is 6.22. The van der Waals surface area contributed by atoms with Crippen LogP contribution < -0.4 is 10.2 Å². The fourth-order valence-corrected chi connectivity index (χ4v) is 2.96. The fourth-order valence-electron chi connectivity index (χ4n) is 2.96. The van der Waals surface area contributed by atoms with E-state index in [2.05, 4.69) is 16.3 Å². The normalized spacial score (nSPS) is 14.2. The molecule has 0 unspecified atom stereocenters. The van der Waals surface area contributed by atoms with Gasteiger partial charge in [-0.3, -0.25) is 4.79 Å². The number of rotatable bonds is 3. The van der Waals surface area contributed by atoms with Gasteiger partial charge in [-0.05, 0) is 56.0 Å². The Hall–Kier alpha value is -2.29. The van der Waals surface area contributed by atoms with E-state index in [1.165, 1.54) is 12.8 Å². The number of amides is 1. The lowest BCUT2D eigenvalue weighted by atomic mass is 10.1. The minimum atomic E-state index is -0.0313. The van der Waals surface area contributed by atoms with Gasteiger partial charge < -0.3 is 10.2 Å². The van der Waals surface area contributed by atoms with Crippen LogP contribution in [0, 0.1) is 13.8 Å². The van der Waals surface area contributed by atoms with Gasteiger partial charge in [-0.15, -0.1) is 0 Å². The Morgan fingerprint density at radius 2 is 1.77 bits per heavy atom. The maximum absolute atomic E-state index is 12.7. The van der Waals surface area contributed by atoms with Crippen LogP contribution in [0.1, 0.15) is 34.3 Å². The van der Waals surface area contributed by atoms with Crippen LogP contribution in [0.2, 0.25) is 0 Å². The Balaban J connectivity index is 1.87. The second-order valence-corrected chi connectivity index (χ2v) is 5.98. The van der Waals surface area contributed by atoms with Gasteiger partial charge in [0.1, 0.15) is 0 Å². The van der Waals surface area contributed by atoms with Crippen LogP contribution in [0.3, 0.4) is 0 Å². The Kier molecular flexibility index (Phi) is 4.14. The van der Waals surface area contributed by atoms with Crippen molar-refractivity contribution in [3.8, 4) is 0 Å². The minimum Gasteiger partial charge on any atom is -0.371 e. The number of anilines is 2. The van der Waals surface area contributed by atoms with Gasteiger partial charge in [0.2, 0.25) is 0 Å². The molecule has 1 heterocycles. The SMILES string of the molecule is Cc1ccc(C)c(NC(=O)c2ccccc2N2CCCC2)c1. The summed E-state index contributed by atoms with van der Waals surface area (Å²) in [5, 5.41) is 3.07. The first-order valence-electron chi connectivity index (χ1n) is 7.88. The van der Waals surface area contributed by atoms with E-state index in [1.807, 2.05) is 50.2 Å². The van der Waals surface area contributed by atoms with Gasteiger partial charge >= 0.3 is 0 Å². The van der Waals surface area contributed by atoms with E-state index in [1.54, 1.807) is 0 Å². The number of nitrogens with zero attached hydrogens (tertiary/aromatic N) is 1. The topological polar surface area (TPSA) is 32.3 Å². The first-order valence-corrected chi connectivity index (χ1v) is 7.88. The van der Waals surface area contributed by atoms with Crippen LogP contribution in [-0.4, -0.2) is 19.0 Å². The Labute approximate surface area is 132 Å². The summed E-state index contributed by atoms with van der Waals surface area (Å²) in [6.07, 6.45) is 2.40. The molecule has 1 saturated heterocycles. The summed E-state index contributed by atoms with van der Waals surface area (Å²) in [4.78, 5) is 15.0. The summed E-state index contributed by atoms with van der Waals surface area (Å²) in [7, 11) is 0. The minimum absolute atomic E-state index is 0.0313. The molecule has 1 amide bonds. The molecule has 2 aromatic carbocycles. The van der Waals surface area contributed by atoms with Gasteiger partial charge in [0, 0.05) is 24.5 Å². The highest BCUT2D eigenvalue weighted by molar-refractivity contribution is 6.08. The molecule has 0 aromatic heterocycles. The van der Waals surface area contributed by atoms with Crippen molar-refractivity contribution in [2.24, 2.45) is 0 Å². The van der Waals surface area contributed by atoms with Crippen LogP contribution in [-0.2, 0) is 0 Å². The Bertz CT molecular complexity index is 688. The van der Waals surface area contributed by atoms with Crippen LogP contribution >= 0.6 is 0 Å². The average molecular weight is 294 g/mol. The third-order valence-corrected chi connectivity index (χ3v) is 4.24. The molecule has 1 aliphatic heterocycles. The molecule has 3 nitrogen and oxygen atoms in total. The number of aryl methyl sites for hydroxylation is 2. The Morgan fingerprint density at radius 1 is 1.05 bits per heavy atom. The van der Waals surface area contributed by atoms with Gasteiger partial charge in [-0.25, -0.2) is 0 Å². The number of nitrogens with one attached hydrogen (secondary N) is 1. The van der Waals surface area contributed by atoms with Crippen LogP contribution in [0.25, 0.3) is 0 Å². The largest absolute Gasteiger partial charge is 0.371 e. The van der Waals surface area contributed by atoms with Gasteiger partial charge in [0.15, 0.2) is 0 Å². The second-order valence-electron chi connectivity index (χ2n) is 5.98. The van der Waals surface area contributed by atoms with Crippen molar-refractivity contribution in [3.05, 3.63) is 59.2 Å². The zero-order valence-corrected chi connectivity index (χ0v) is 13.2. The number of benzene rings is 2. The van der Waals surface area contributed by atoms with E-state index in [-0.39, 0.29) is 5.91 Å². The molecule has 114 valence electrons. The average Bonchev–Trinajstić information content (AvgIpc) is 3.05. The molecule has 0 aliphatic carbocycles. The van der Waals surface area contributed by atoms with E-state index in [9.17, 15) is 4.79 Å².